The highest BCUT2D eigenvalue weighted by molar-refractivity contribution is 5.69. The molecule has 0 saturated heterocycles. The van der Waals surface area contributed by atoms with Crippen molar-refractivity contribution in [3.63, 3.8) is 0 Å². The molecule has 3 nitrogen and oxygen atoms in total. The Bertz CT molecular complexity index is 198. The molecular weight excluding hydrogens is 168 g/mol. The third kappa shape index (κ3) is 3.19. The van der Waals surface area contributed by atoms with E-state index < -0.39 is 6.10 Å². The zero-order chi connectivity index (χ0) is 9.68. The van der Waals surface area contributed by atoms with E-state index in [9.17, 15) is 9.90 Å². The lowest BCUT2D eigenvalue weighted by Gasteiger charge is -2.16. The average molecular weight is 184 g/mol. The van der Waals surface area contributed by atoms with Crippen LogP contribution in [0.25, 0.3) is 0 Å². The van der Waals surface area contributed by atoms with Crippen molar-refractivity contribution in [2.45, 2.75) is 31.8 Å². The van der Waals surface area contributed by atoms with Crippen LogP contribution in [0.4, 0.5) is 0 Å². The minimum Gasteiger partial charge on any atom is -0.469 e. The highest BCUT2D eigenvalue weighted by atomic mass is 16.5. The summed E-state index contributed by atoms with van der Waals surface area (Å²) in [5.41, 5.74) is 0. The predicted octanol–water partition coefficient (Wildman–Crippen LogP) is 1.27. The number of methoxy groups -OCH3 is 1. The summed E-state index contributed by atoms with van der Waals surface area (Å²) in [5.74, 6) is -0.203. The van der Waals surface area contributed by atoms with Crippen LogP contribution in [0.1, 0.15) is 25.7 Å². The summed E-state index contributed by atoms with van der Waals surface area (Å²) >= 11 is 0. The van der Waals surface area contributed by atoms with Crippen LogP contribution in [0.15, 0.2) is 12.2 Å². The molecule has 13 heavy (non-hydrogen) atoms. The molecule has 0 aromatic carbocycles. The van der Waals surface area contributed by atoms with Gasteiger partial charge < -0.3 is 9.84 Å². The lowest BCUT2D eigenvalue weighted by atomic mass is 9.95. The molecule has 0 aliphatic heterocycles. The quantitative estimate of drug-likeness (QED) is 0.519. The summed E-state index contributed by atoms with van der Waals surface area (Å²) in [7, 11) is 1.38. The Labute approximate surface area is 78.4 Å². The third-order valence-corrected chi connectivity index (χ3v) is 2.42. The van der Waals surface area contributed by atoms with E-state index in [1.54, 1.807) is 6.08 Å². The minimum atomic E-state index is -0.485. The largest absolute Gasteiger partial charge is 0.469 e. The molecule has 0 saturated carbocycles. The van der Waals surface area contributed by atoms with Crippen molar-refractivity contribution in [1.82, 2.24) is 0 Å². The van der Waals surface area contributed by atoms with Gasteiger partial charge in [-0.2, -0.15) is 0 Å². The van der Waals surface area contributed by atoms with Gasteiger partial charge in [-0.25, -0.2) is 0 Å². The number of hydrogen-bond acceptors (Lipinski definition) is 3. The van der Waals surface area contributed by atoms with Crippen molar-refractivity contribution in [2.75, 3.05) is 7.11 Å². The number of rotatable bonds is 2. The van der Waals surface area contributed by atoms with E-state index in [2.05, 4.69) is 4.74 Å². The van der Waals surface area contributed by atoms with E-state index >= 15 is 0 Å². The number of allylic oxidation sites excluding steroid dienone is 1. The summed E-state index contributed by atoms with van der Waals surface area (Å²) in [6.45, 7) is 0. The molecule has 0 radical (unpaired) electrons. The molecule has 0 aromatic rings. The van der Waals surface area contributed by atoms with Crippen molar-refractivity contribution in [1.29, 1.82) is 0 Å². The smallest absolute Gasteiger partial charge is 0.305 e. The van der Waals surface area contributed by atoms with Gasteiger partial charge in [-0.1, -0.05) is 12.2 Å². The Hall–Kier alpha value is -0.830. The maximum Gasteiger partial charge on any atom is 0.305 e. The van der Waals surface area contributed by atoms with E-state index in [-0.39, 0.29) is 11.9 Å². The van der Waals surface area contributed by atoms with Gasteiger partial charge >= 0.3 is 5.97 Å². The highest BCUT2D eigenvalue weighted by Gasteiger charge is 2.21. The Morgan fingerprint density at radius 1 is 1.69 bits per heavy atom. The van der Waals surface area contributed by atoms with Gasteiger partial charge in [-0.3, -0.25) is 4.79 Å². The SMILES string of the molecule is COC(=O)CC1CCCC=CC1O. The monoisotopic (exact) mass is 184 g/mol. The molecule has 2 atom stereocenters. The average Bonchev–Trinajstić information content (AvgIpc) is 2.32. The van der Waals surface area contributed by atoms with Crippen LogP contribution in [-0.4, -0.2) is 24.3 Å². The van der Waals surface area contributed by atoms with Crippen molar-refractivity contribution >= 4 is 5.97 Å². The summed E-state index contributed by atoms with van der Waals surface area (Å²) in [6.07, 6.45) is 6.51. The molecule has 0 spiro atoms. The second-order valence-corrected chi connectivity index (χ2v) is 3.39. The fraction of sp³-hybridized carbons (Fsp3) is 0.700. The lowest BCUT2D eigenvalue weighted by molar-refractivity contribution is -0.142. The predicted molar refractivity (Wildman–Crippen MR) is 49.1 cm³/mol. The second kappa shape index (κ2) is 5.02. The maximum atomic E-state index is 11.0. The number of ether oxygens (including phenoxy) is 1. The van der Waals surface area contributed by atoms with Gasteiger partial charge in [0.1, 0.15) is 0 Å². The van der Waals surface area contributed by atoms with Crippen LogP contribution in [0.2, 0.25) is 0 Å². The fourth-order valence-electron chi connectivity index (χ4n) is 1.58. The van der Waals surface area contributed by atoms with E-state index in [0.29, 0.717) is 6.42 Å². The summed E-state index contributed by atoms with van der Waals surface area (Å²) in [4.78, 5) is 11.0. The molecule has 0 aromatic heterocycles. The Morgan fingerprint density at radius 3 is 3.15 bits per heavy atom. The first-order chi connectivity index (χ1) is 6.24. The third-order valence-electron chi connectivity index (χ3n) is 2.42. The maximum absolute atomic E-state index is 11.0. The highest BCUT2D eigenvalue weighted by Crippen LogP contribution is 2.22. The summed E-state index contributed by atoms with van der Waals surface area (Å²) < 4.78 is 4.57. The van der Waals surface area contributed by atoms with Gasteiger partial charge in [-0.05, 0) is 25.2 Å². The standard InChI is InChI=1S/C10H16O3/c1-13-10(12)7-8-5-3-2-4-6-9(8)11/h4,6,8-9,11H,2-3,5,7H2,1H3. The van der Waals surface area contributed by atoms with Crippen LogP contribution in [0.5, 0.6) is 0 Å². The van der Waals surface area contributed by atoms with E-state index in [4.69, 9.17) is 0 Å². The van der Waals surface area contributed by atoms with Gasteiger partial charge in [0, 0.05) is 0 Å². The van der Waals surface area contributed by atoms with Gasteiger partial charge in [0.05, 0.1) is 19.6 Å². The van der Waals surface area contributed by atoms with Crippen LogP contribution in [-0.2, 0) is 9.53 Å². The van der Waals surface area contributed by atoms with E-state index in [1.165, 1.54) is 7.11 Å². The zero-order valence-corrected chi connectivity index (χ0v) is 7.90. The Kier molecular flexibility index (Phi) is 3.96. The van der Waals surface area contributed by atoms with Gasteiger partial charge in [0.15, 0.2) is 0 Å². The number of esters is 1. The normalized spacial score (nSPS) is 28.2. The zero-order valence-electron chi connectivity index (χ0n) is 7.90. The molecule has 0 bridgehead atoms. The molecule has 74 valence electrons. The lowest BCUT2D eigenvalue weighted by Crippen LogP contribution is -2.21. The Morgan fingerprint density at radius 2 is 2.46 bits per heavy atom. The van der Waals surface area contributed by atoms with E-state index in [1.807, 2.05) is 6.08 Å². The van der Waals surface area contributed by atoms with Gasteiger partial charge in [-0.15, -0.1) is 0 Å². The summed E-state index contributed by atoms with van der Waals surface area (Å²) in [6, 6.07) is 0. The number of carbonyl (C=O) groups excluding carboxylic acids is 1. The first-order valence-electron chi connectivity index (χ1n) is 4.65. The first-order valence-corrected chi connectivity index (χ1v) is 4.65. The second-order valence-electron chi connectivity index (χ2n) is 3.39. The van der Waals surface area contributed by atoms with Crippen LogP contribution >= 0.6 is 0 Å². The van der Waals surface area contributed by atoms with Crippen LogP contribution in [0.3, 0.4) is 0 Å². The minimum absolute atomic E-state index is 0.0335. The number of carbonyl (C=O) groups is 1. The van der Waals surface area contributed by atoms with Crippen molar-refractivity contribution in [3.05, 3.63) is 12.2 Å². The van der Waals surface area contributed by atoms with Crippen molar-refractivity contribution in [3.8, 4) is 0 Å². The molecule has 0 amide bonds. The van der Waals surface area contributed by atoms with E-state index in [0.717, 1.165) is 19.3 Å². The molecule has 1 rings (SSSR count). The molecule has 3 heteroatoms. The van der Waals surface area contributed by atoms with Gasteiger partial charge in [0.2, 0.25) is 0 Å². The van der Waals surface area contributed by atoms with Crippen LogP contribution in [0, 0.1) is 5.92 Å². The fourth-order valence-corrected chi connectivity index (χ4v) is 1.58. The number of hydrogen-bond donors (Lipinski definition) is 1. The summed E-state index contributed by atoms with van der Waals surface area (Å²) in [5, 5.41) is 9.60. The Balaban J connectivity index is 2.46. The molecule has 0 heterocycles. The molecule has 1 N–H and O–H groups in total. The van der Waals surface area contributed by atoms with Crippen molar-refractivity contribution < 1.29 is 14.6 Å². The molecule has 0 fully saturated rings. The molecule has 1 aliphatic carbocycles. The molecule has 2 unspecified atom stereocenters. The van der Waals surface area contributed by atoms with Gasteiger partial charge in [0.25, 0.3) is 0 Å². The van der Waals surface area contributed by atoms with Crippen molar-refractivity contribution in [2.24, 2.45) is 5.92 Å². The van der Waals surface area contributed by atoms with Crippen LogP contribution < -0.4 is 0 Å². The molecular formula is C10H16O3. The first kappa shape index (κ1) is 10.3. The number of aliphatic hydroxyl groups is 1. The molecule has 1 aliphatic rings. The number of aliphatic hydroxyl groups excluding tert-OH is 1. The topological polar surface area (TPSA) is 46.5 Å².